The van der Waals surface area contributed by atoms with Gasteiger partial charge in [-0.15, -0.1) is 0 Å². The molecular formula is C22H25N5O4. The maximum atomic E-state index is 13.0. The average molecular weight is 423 g/mol. The standard InChI is InChI=1S/C22H25N5O4/c1-4-31-22(29)20-17-14-26(21(28)19-9-11-23-25(19)2)12-10-18(17)27(24-20)13-15-5-7-16(30-3)8-6-15/h5-9,11H,4,10,12-14H2,1-3H3. The normalized spacial score (nSPS) is 13.1. The van der Waals surface area contributed by atoms with Crippen LogP contribution in [0.1, 0.15) is 44.7 Å². The van der Waals surface area contributed by atoms with Gasteiger partial charge in [0.2, 0.25) is 0 Å². The number of fused-ring (bicyclic) bond motifs is 1. The van der Waals surface area contributed by atoms with E-state index in [1.54, 1.807) is 42.9 Å². The van der Waals surface area contributed by atoms with Gasteiger partial charge in [0.15, 0.2) is 5.69 Å². The zero-order valence-electron chi connectivity index (χ0n) is 17.9. The van der Waals surface area contributed by atoms with Crippen LogP contribution in [0.5, 0.6) is 5.75 Å². The molecule has 0 saturated heterocycles. The van der Waals surface area contributed by atoms with Gasteiger partial charge in [-0.05, 0) is 30.7 Å². The van der Waals surface area contributed by atoms with Gasteiger partial charge in [-0.2, -0.15) is 10.2 Å². The number of rotatable bonds is 6. The molecule has 3 aromatic rings. The number of nitrogens with zero attached hydrogens (tertiary/aromatic N) is 5. The topological polar surface area (TPSA) is 91.5 Å². The van der Waals surface area contributed by atoms with Crippen molar-refractivity contribution in [2.24, 2.45) is 7.05 Å². The molecule has 0 unspecified atom stereocenters. The van der Waals surface area contributed by atoms with Crippen molar-refractivity contribution in [3.63, 3.8) is 0 Å². The number of aromatic nitrogens is 4. The Balaban J connectivity index is 1.64. The van der Waals surface area contributed by atoms with E-state index < -0.39 is 5.97 Å². The van der Waals surface area contributed by atoms with E-state index in [2.05, 4.69) is 10.2 Å². The third kappa shape index (κ3) is 4.03. The molecule has 1 aliphatic rings. The van der Waals surface area contributed by atoms with Gasteiger partial charge >= 0.3 is 5.97 Å². The van der Waals surface area contributed by atoms with Crippen LogP contribution in [0.2, 0.25) is 0 Å². The van der Waals surface area contributed by atoms with Gasteiger partial charge in [0, 0.05) is 37.5 Å². The number of hydrogen-bond donors (Lipinski definition) is 0. The first kappa shape index (κ1) is 20.6. The van der Waals surface area contributed by atoms with E-state index in [1.165, 1.54) is 0 Å². The lowest BCUT2D eigenvalue weighted by Crippen LogP contribution is -2.37. The summed E-state index contributed by atoms with van der Waals surface area (Å²) in [5.74, 6) is 0.188. The van der Waals surface area contributed by atoms with E-state index in [9.17, 15) is 9.59 Å². The molecule has 1 aromatic carbocycles. The summed E-state index contributed by atoms with van der Waals surface area (Å²) in [7, 11) is 3.36. The first-order chi connectivity index (χ1) is 15.0. The molecule has 0 fully saturated rings. The summed E-state index contributed by atoms with van der Waals surface area (Å²) in [6.45, 7) is 3.37. The molecule has 1 aliphatic heterocycles. The summed E-state index contributed by atoms with van der Waals surface area (Å²) >= 11 is 0. The van der Waals surface area contributed by atoms with E-state index in [4.69, 9.17) is 9.47 Å². The highest BCUT2D eigenvalue weighted by atomic mass is 16.5. The zero-order chi connectivity index (χ0) is 22.0. The van der Waals surface area contributed by atoms with Crippen LogP contribution in [0.15, 0.2) is 36.5 Å². The van der Waals surface area contributed by atoms with Gasteiger partial charge in [-0.3, -0.25) is 14.2 Å². The number of esters is 1. The maximum absolute atomic E-state index is 13.0. The molecule has 3 heterocycles. The molecule has 0 N–H and O–H groups in total. The van der Waals surface area contributed by atoms with E-state index in [0.717, 1.165) is 22.6 Å². The Bertz CT molecular complexity index is 1100. The van der Waals surface area contributed by atoms with Crippen LogP contribution >= 0.6 is 0 Å². The number of ether oxygens (including phenoxy) is 2. The van der Waals surface area contributed by atoms with E-state index in [0.29, 0.717) is 31.7 Å². The number of methoxy groups -OCH3 is 1. The van der Waals surface area contributed by atoms with Crippen LogP contribution < -0.4 is 4.74 Å². The molecule has 9 heteroatoms. The summed E-state index contributed by atoms with van der Waals surface area (Å²) in [6, 6.07) is 9.42. The fraction of sp³-hybridized carbons (Fsp3) is 0.364. The SMILES string of the molecule is CCOC(=O)c1nn(Cc2ccc(OC)cc2)c2c1CN(C(=O)c1ccnn1C)CC2. The number of hydrogen-bond acceptors (Lipinski definition) is 6. The fourth-order valence-corrected chi connectivity index (χ4v) is 3.81. The molecule has 0 radical (unpaired) electrons. The lowest BCUT2D eigenvalue weighted by molar-refractivity contribution is 0.0512. The highest BCUT2D eigenvalue weighted by Crippen LogP contribution is 2.26. The highest BCUT2D eigenvalue weighted by molar-refractivity contribution is 5.93. The third-order valence-corrected chi connectivity index (χ3v) is 5.42. The van der Waals surface area contributed by atoms with Crippen LogP contribution in [0.25, 0.3) is 0 Å². The molecule has 0 bridgehead atoms. The first-order valence-corrected chi connectivity index (χ1v) is 10.2. The van der Waals surface area contributed by atoms with Crippen LogP contribution in [0.4, 0.5) is 0 Å². The predicted molar refractivity (Wildman–Crippen MR) is 112 cm³/mol. The second-order valence-electron chi connectivity index (χ2n) is 7.32. The summed E-state index contributed by atoms with van der Waals surface area (Å²) in [5, 5.41) is 8.66. The van der Waals surface area contributed by atoms with E-state index >= 15 is 0 Å². The van der Waals surface area contributed by atoms with Crippen LogP contribution in [0.3, 0.4) is 0 Å². The zero-order valence-corrected chi connectivity index (χ0v) is 17.9. The monoisotopic (exact) mass is 423 g/mol. The predicted octanol–water partition coefficient (Wildman–Crippen LogP) is 2.05. The summed E-state index contributed by atoms with van der Waals surface area (Å²) in [5.41, 5.74) is 3.51. The Kier molecular flexibility index (Phi) is 5.75. The second-order valence-corrected chi connectivity index (χ2v) is 7.32. The molecule has 31 heavy (non-hydrogen) atoms. The Morgan fingerprint density at radius 3 is 2.58 bits per heavy atom. The Morgan fingerprint density at radius 2 is 1.94 bits per heavy atom. The first-order valence-electron chi connectivity index (χ1n) is 10.2. The summed E-state index contributed by atoms with van der Waals surface area (Å²) in [6.07, 6.45) is 2.20. The van der Waals surface area contributed by atoms with Gasteiger partial charge < -0.3 is 14.4 Å². The lowest BCUT2D eigenvalue weighted by Gasteiger charge is -2.27. The van der Waals surface area contributed by atoms with Gasteiger partial charge in [0.25, 0.3) is 5.91 Å². The van der Waals surface area contributed by atoms with E-state index in [1.807, 2.05) is 28.9 Å². The van der Waals surface area contributed by atoms with Crippen molar-refractivity contribution in [1.82, 2.24) is 24.5 Å². The molecule has 2 aromatic heterocycles. The van der Waals surface area contributed by atoms with Gasteiger partial charge in [0.1, 0.15) is 11.4 Å². The molecule has 0 saturated carbocycles. The molecule has 9 nitrogen and oxygen atoms in total. The maximum Gasteiger partial charge on any atom is 0.359 e. The Labute approximate surface area is 180 Å². The summed E-state index contributed by atoms with van der Waals surface area (Å²) in [4.78, 5) is 27.3. The van der Waals surface area contributed by atoms with Crippen molar-refractivity contribution in [3.8, 4) is 5.75 Å². The molecule has 4 rings (SSSR count). The van der Waals surface area contributed by atoms with Gasteiger partial charge in [0.05, 0.1) is 26.8 Å². The summed E-state index contributed by atoms with van der Waals surface area (Å²) < 4.78 is 13.8. The molecule has 1 amide bonds. The largest absolute Gasteiger partial charge is 0.497 e. The van der Waals surface area contributed by atoms with Crippen molar-refractivity contribution in [2.75, 3.05) is 20.3 Å². The van der Waals surface area contributed by atoms with Crippen molar-refractivity contribution < 1.29 is 19.1 Å². The number of carbonyl (C=O) groups excluding carboxylic acids is 2. The van der Waals surface area contributed by atoms with Crippen molar-refractivity contribution in [2.45, 2.75) is 26.4 Å². The fourth-order valence-electron chi connectivity index (χ4n) is 3.81. The van der Waals surface area contributed by atoms with Crippen LogP contribution in [-0.4, -0.2) is 56.6 Å². The van der Waals surface area contributed by atoms with Crippen molar-refractivity contribution >= 4 is 11.9 Å². The molecule has 0 spiro atoms. The number of aryl methyl sites for hydroxylation is 1. The molecule has 162 valence electrons. The lowest BCUT2D eigenvalue weighted by atomic mass is 10.0. The number of benzene rings is 1. The number of carbonyl (C=O) groups is 2. The minimum Gasteiger partial charge on any atom is -0.497 e. The minimum atomic E-state index is -0.470. The smallest absolute Gasteiger partial charge is 0.359 e. The quantitative estimate of drug-likeness (QED) is 0.564. The number of amides is 1. The molecule has 0 aliphatic carbocycles. The minimum absolute atomic E-state index is 0.122. The van der Waals surface area contributed by atoms with Crippen molar-refractivity contribution in [1.29, 1.82) is 0 Å². The molecular weight excluding hydrogens is 398 g/mol. The average Bonchev–Trinajstić information content (AvgIpc) is 3.37. The Hall–Kier alpha value is -3.62. The molecule has 0 atom stereocenters. The van der Waals surface area contributed by atoms with Crippen LogP contribution in [-0.2, 0) is 31.3 Å². The Morgan fingerprint density at radius 1 is 1.16 bits per heavy atom. The second kappa shape index (κ2) is 8.63. The highest BCUT2D eigenvalue weighted by Gasteiger charge is 2.31. The third-order valence-electron chi connectivity index (χ3n) is 5.42. The van der Waals surface area contributed by atoms with Gasteiger partial charge in [-0.1, -0.05) is 12.1 Å². The van der Waals surface area contributed by atoms with Crippen molar-refractivity contribution in [3.05, 3.63) is 64.7 Å². The van der Waals surface area contributed by atoms with Crippen LogP contribution in [0, 0.1) is 0 Å². The van der Waals surface area contributed by atoms with E-state index in [-0.39, 0.29) is 18.2 Å². The van der Waals surface area contributed by atoms with Gasteiger partial charge in [-0.25, -0.2) is 4.79 Å².